The van der Waals surface area contributed by atoms with Gasteiger partial charge in [-0.25, -0.2) is 0 Å². The minimum atomic E-state index is -0.238. The van der Waals surface area contributed by atoms with Gasteiger partial charge >= 0.3 is 0 Å². The summed E-state index contributed by atoms with van der Waals surface area (Å²) in [6.07, 6.45) is 1.78. The molecular formula is C25H22N2O3. The standard InChI is InChI=1S/C25H22N2O3/c1-18-5-3-7-22(13-18)27-25(28)17-30-24-8-4-6-19(15-24)14-21(16-26)20-9-11-23(29-2)12-10-20/h3-15H,17H2,1-2H3,(H,27,28)/b21-14+. The molecule has 0 unspecified atom stereocenters. The van der Waals surface area contributed by atoms with Gasteiger partial charge in [0.15, 0.2) is 6.61 Å². The lowest BCUT2D eigenvalue weighted by Crippen LogP contribution is -2.20. The first kappa shape index (κ1) is 20.7. The zero-order valence-electron chi connectivity index (χ0n) is 16.9. The topological polar surface area (TPSA) is 71.3 Å². The van der Waals surface area contributed by atoms with Crippen molar-refractivity contribution in [3.63, 3.8) is 0 Å². The number of hydrogen-bond donors (Lipinski definition) is 1. The van der Waals surface area contributed by atoms with Crippen LogP contribution in [0.5, 0.6) is 11.5 Å². The van der Waals surface area contributed by atoms with Gasteiger partial charge in [0.1, 0.15) is 11.5 Å². The van der Waals surface area contributed by atoms with Gasteiger partial charge in [0.05, 0.1) is 18.8 Å². The molecule has 0 atom stereocenters. The third-order valence-corrected chi connectivity index (χ3v) is 4.36. The molecule has 30 heavy (non-hydrogen) atoms. The Hall–Kier alpha value is -4.04. The summed E-state index contributed by atoms with van der Waals surface area (Å²) >= 11 is 0. The van der Waals surface area contributed by atoms with Crippen molar-refractivity contribution in [3.8, 4) is 17.6 Å². The van der Waals surface area contributed by atoms with Gasteiger partial charge in [-0.1, -0.05) is 24.3 Å². The van der Waals surface area contributed by atoms with E-state index in [1.165, 1.54) is 0 Å². The molecule has 0 spiro atoms. The molecule has 0 aliphatic rings. The first-order valence-electron chi connectivity index (χ1n) is 9.43. The predicted octanol–water partition coefficient (Wildman–Crippen LogP) is 5.09. The highest BCUT2D eigenvalue weighted by Gasteiger charge is 2.06. The highest BCUT2D eigenvalue weighted by Crippen LogP contribution is 2.22. The predicted molar refractivity (Wildman–Crippen MR) is 118 cm³/mol. The van der Waals surface area contributed by atoms with E-state index in [4.69, 9.17) is 9.47 Å². The van der Waals surface area contributed by atoms with Crippen molar-refractivity contribution in [1.29, 1.82) is 5.26 Å². The highest BCUT2D eigenvalue weighted by atomic mass is 16.5. The molecule has 0 radical (unpaired) electrons. The van der Waals surface area contributed by atoms with Gasteiger partial charge in [0, 0.05) is 5.69 Å². The van der Waals surface area contributed by atoms with Crippen LogP contribution in [0.15, 0.2) is 72.8 Å². The fourth-order valence-electron chi connectivity index (χ4n) is 2.88. The smallest absolute Gasteiger partial charge is 0.262 e. The number of benzene rings is 3. The molecule has 0 aliphatic carbocycles. The Kier molecular flexibility index (Phi) is 6.86. The summed E-state index contributed by atoms with van der Waals surface area (Å²) in [6, 6.07) is 24.4. The van der Waals surface area contributed by atoms with Gasteiger partial charge in [0.25, 0.3) is 5.91 Å². The van der Waals surface area contributed by atoms with Crippen LogP contribution in [0.2, 0.25) is 0 Å². The van der Waals surface area contributed by atoms with Gasteiger partial charge in [-0.2, -0.15) is 5.26 Å². The summed E-state index contributed by atoms with van der Waals surface area (Å²) in [5.74, 6) is 1.04. The van der Waals surface area contributed by atoms with E-state index in [1.54, 1.807) is 25.3 Å². The fourth-order valence-corrected chi connectivity index (χ4v) is 2.88. The van der Waals surface area contributed by atoms with E-state index in [0.717, 1.165) is 28.1 Å². The van der Waals surface area contributed by atoms with Gasteiger partial charge in [-0.3, -0.25) is 4.79 Å². The molecule has 0 fully saturated rings. The van der Waals surface area contributed by atoms with E-state index < -0.39 is 0 Å². The molecule has 0 bridgehead atoms. The lowest BCUT2D eigenvalue weighted by Gasteiger charge is -2.09. The quantitative estimate of drug-likeness (QED) is 0.445. The molecule has 0 saturated carbocycles. The maximum atomic E-state index is 12.1. The molecule has 1 N–H and O–H groups in total. The molecule has 0 aromatic heterocycles. The first-order chi connectivity index (χ1) is 14.6. The Morgan fingerprint density at radius 1 is 1.03 bits per heavy atom. The van der Waals surface area contributed by atoms with Crippen LogP contribution in [0, 0.1) is 18.3 Å². The van der Waals surface area contributed by atoms with Crippen LogP contribution in [0.4, 0.5) is 5.69 Å². The molecule has 5 nitrogen and oxygen atoms in total. The Morgan fingerprint density at radius 3 is 2.50 bits per heavy atom. The molecule has 3 aromatic rings. The molecule has 3 aromatic carbocycles. The number of ether oxygens (including phenoxy) is 2. The number of carbonyl (C=O) groups is 1. The van der Waals surface area contributed by atoms with Crippen molar-refractivity contribution in [2.75, 3.05) is 19.0 Å². The average molecular weight is 398 g/mol. The van der Waals surface area contributed by atoms with Crippen molar-refractivity contribution in [1.82, 2.24) is 0 Å². The van der Waals surface area contributed by atoms with E-state index >= 15 is 0 Å². The molecular weight excluding hydrogens is 376 g/mol. The first-order valence-corrected chi connectivity index (χ1v) is 9.43. The molecule has 0 aliphatic heterocycles. The summed E-state index contributed by atoms with van der Waals surface area (Å²) in [7, 11) is 1.60. The molecule has 0 saturated heterocycles. The van der Waals surface area contributed by atoms with Crippen LogP contribution < -0.4 is 14.8 Å². The number of carbonyl (C=O) groups excluding carboxylic acids is 1. The number of nitriles is 1. The number of nitrogens with one attached hydrogen (secondary N) is 1. The van der Waals surface area contributed by atoms with Crippen molar-refractivity contribution >= 4 is 23.2 Å². The lowest BCUT2D eigenvalue weighted by atomic mass is 10.0. The number of rotatable bonds is 7. The van der Waals surface area contributed by atoms with Gasteiger partial charge in [-0.05, 0) is 78.2 Å². The summed E-state index contributed by atoms with van der Waals surface area (Å²) in [5, 5.41) is 12.3. The fraction of sp³-hybridized carbons (Fsp3) is 0.120. The minimum absolute atomic E-state index is 0.106. The maximum absolute atomic E-state index is 12.1. The monoisotopic (exact) mass is 398 g/mol. The average Bonchev–Trinajstić information content (AvgIpc) is 2.76. The summed E-state index contributed by atoms with van der Waals surface area (Å²) in [5.41, 5.74) is 3.92. The van der Waals surface area contributed by atoms with Gasteiger partial charge < -0.3 is 14.8 Å². The number of aryl methyl sites for hydroxylation is 1. The molecule has 150 valence electrons. The van der Waals surface area contributed by atoms with Crippen molar-refractivity contribution in [2.24, 2.45) is 0 Å². The second-order valence-corrected chi connectivity index (χ2v) is 6.68. The third kappa shape index (κ3) is 5.73. The number of amides is 1. The summed E-state index contributed by atoms with van der Waals surface area (Å²) in [6.45, 7) is 1.86. The van der Waals surface area contributed by atoms with Crippen molar-refractivity contribution in [3.05, 3.63) is 89.5 Å². The summed E-state index contributed by atoms with van der Waals surface area (Å²) in [4.78, 5) is 12.1. The third-order valence-electron chi connectivity index (χ3n) is 4.36. The molecule has 1 amide bonds. The van der Waals surface area contributed by atoms with Gasteiger partial charge in [-0.15, -0.1) is 0 Å². The minimum Gasteiger partial charge on any atom is -0.497 e. The number of hydrogen-bond acceptors (Lipinski definition) is 4. The number of methoxy groups -OCH3 is 1. The van der Waals surface area contributed by atoms with Crippen LogP contribution in [-0.4, -0.2) is 19.6 Å². The van der Waals surface area contributed by atoms with E-state index in [0.29, 0.717) is 11.3 Å². The molecule has 5 heteroatoms. The van der Waals surface area contributed by atoms with Gasteiger partial charge in [0.2, 0.25) is 0 Å². The lowest BCUT2D eigenvalue weighted by molar-refractivity contribution is -0.118. The Balaban J connectivity index is 1.66. The Labute approximate surface area is 176 Å². The van der Waals surface area contributed by atoms with Crippen molar-refractivity contribution < 1.29 is 14.3 Å². The van der Waals surface area contributed by atoms with Crippen LogP contribution in [0.25, 0.3) is 11.6 Å². The van der Waals surface area contributed by atoms with Crippen LogP contribution >= 0.6 is 0 Å². The van der Waals surface area contributed by atoms with E-state index in [2.05, 4.69) is 11.4 Å². The molecule has 0 heterocycles. The van der Waals surface area contributed by atoms with E-state index in [-0.39, 0.29) is 12.5 Å². The van der Waals surface area contributed by atoms with Crippen LogP contribution in [0.1, 0.15) is 16.7 Å². The largest absolute Gasteiger partial charge is 0.497 e. The van der Waals surface area contributed by atoms with E-state index in [1.807, 2.05) is 67.6 Å². The van der Waals surface area contributed by atoms with Crippen LogP contribution in [-0.2, 0) is 4.79 Å². The van der Waals surface area contributed by atoms with E-state index in [9.17, 15) is 10.1 Å². The maximum Gasteiger partial charge on any atom is 0.262 e. The Morgan fingerprint density at radius 2 is 1.80 bits per heavy atom. The zero-order chi connectivity index (χ0) is 21.3. The zero-order valence-corrected chi connectivity index (χ0v) is 16.9. The number of nitrogens with zero attached hydrogens (tertiary/aromatic N) is 1. The second kappa shape index (κ2) is 9.94. The number of anilines is 1. The highest BCUT2D eigenvalue weighted by molar-refractivity contribution is 5.92. The Bertz CT molecular complexity index is 1100. The summed E-state index contributed by atoms with van der Waals surface area (Å²) < 4.78 is 10.8. The van der Waals surface area contributed by atoms with Crippen molar-refractivity contribution in [2.45, 2.75) is 6.92 Å². The second-order valence-electron chi connectivity index (χ2n) is 6.68. The number of allylic oxidation sites excluding steroid dienone is 1. The van der Waals surface area contributed by atoms with Crippen LogP contribution in [0.3, 0.4) is 0 Å². The normalized spacial score (nSPS) is 10.8. The SMILES string of the molecule is COc1ccc(/C(C#N)=C/c2cccc(OCC(=O)Nc3cccc(C)c3)c2)cc1. The molecule has 3 rings (SSSR count).